The zero-order valence-corrected chi connectivity index (χ0v) is 12.3. The van der Waals surface area contributed by atoms with E-state index in [1.54, 1.807) is 25.1 Å². The van der Waals surface area contributed by atoms with Crippen LogP contribution in [0, 0.1) is 0 Å². The van der Waals surface area contributed by atoms with Crippen LogP contribution in [0.2, 0.25) is 0 Å². The Morgan fingerprint density at radius 1 is 1.50 bits per heavy atom. The van der Waals surface area contributed by atoms with E-state index in [0.717, 1.165) is 4.47 Å². The third kappa shape index (κ3) is 3.23. The van der Waals surface area contributed by atoms with Gasteiger partial charge < -0.3 is 10.1 Å². The number of carbonyl (C=O) groups is 2. The van der Waals surface area contributed by atoms with Gasteiger partial charge in [-0.1, -0.05) is 28.1 Å². The Bertz CT molecular complexity index is 466. The van der Waals surface area contributed by atoms with E-state index in [1.165, 1.54) is 7.11 Å². The lowest BCUT2D eigenvalue weighted by molar-refractivity contribution is -0.150. The summed E-state index contributed by atoms with van der Waals surface area (Å²) < 4.78 is 5.54. The first-order valence-electron chi connectivity index (χ1n) is 5.15. The molecule has 0 aliphatic carbocycles. The van der Waals surface area contributed by atoms with Crippen molar-refractivity contribution in [2.24, 2.45) is 0 Å². The number of halogens is 2. The predicted octanol–water partition coefficient (Wildman–Crippen LogP) is 2.19. The third-order valence-electron chi connectivity index (χ3n) is 2.51. The molecule has 0 heterocycles. The van der Waals surface area contributed by atoms with Crippen LogP contribution in [-0.2, 0) is 19.9 Å². The van der Waals surface area contributed by atoms with Crippen molar-refractivity contribution < 1.29 is 14.3 Å². The maximum Gasteiger partial charge on any atom is 0.336 e. The molecule has 1 amide bonds. The molecule has 6 heteroatoms. The van der Waals surface area contributed by atoms with Gasteiger partial charge in [-0.05, 0) is 24.6 Å². The Morgan fingerprint density at radius 2 is 2.17 bits per heavy atom. The van der Waals surface area contributed by atoms with E-state index in [0.29, 0.717) is 5.56 Å². The van der Waals surface area contributed by atoms with E-state index in [4.69, 9.17) is 16.3 Å². The molecule has 1 aromatic rings. The number of ether oxygens (including phenoxy) is 1. The number of amides is 1. The minimum Gasteiger partial charge on any atom is -0.467 e. The molecule has 0 aliphatic heterocycles. The Balaban J connectivity index is 3.19. The predicted molar refractivity (Wildman–Crippen MR) is 72.4 cm³/mol. The monoisotopic (exact) mass is 333 g/mol. The van der Waals surface area contributed by atoms with Gasteiger partial charge in [0.2, 0.25) is 5.91 Å². The van der Waals surface area contributed by atoms with Crippen molar-refractivity contribution in [1.82, 2.24) is 5.32 Å². The number of nitrogens with one attached hydrogen (secondary N) is 1. The Hall–Kier alpha value is -1.07. The van der Waals surface area contributed by atoms with Crippen LogP contribution in [-0.4, -0.2) is 24.9 Å². The molecular weight excluding hydrogens is 321 g/mol. The lowest BCUT2D eigenvalue weighted by Gasteiger charge is -2.28. The molecule has 4 nitrogen and oxygen atoms in total. The second-order valence-electron chi connectivity index (χ2n) is 3.81. The fourth-order valence-electron chi connectivity index (χ4n) is 1.56. The summed E-state index contributed by atoms with van der Waals surface area (Å²) >= 11 is 8.77. The smallest absolute Gasteiger partial charge is 0.336 e. The quantitative estimate of drug-likeness (QED) is 0.678. The highest BCUT2D eigenvalue weighted by Crippen LogP contribution is 2.25. The first-order chi connectivity index (χ1) is 8.43. The lowest BCUT2D eigenvalue weighted by Crippen LogP contribution is -2.50. The molecule has 0 aromatic heterocycles. The summed E-state index contributed by atoms with van der Waals surface area (Å²) in [4.78, 5) is 23.3. The number of hydrogen-bond acceptors (Lipinski definition) is 3. The van der Waals surface area contributed by atoms with Gasteiger partial charge in [0.1, 0.15) is 5.88 Å². The molecule has 0 saturated heterocycles. The Kier molecular flexibility index (Phi) is 5.16. The van der Waals surface area contributed by atoms with Gasteiger partial charge in [-0.25, -0.2) is 4.79 Å². The SMILES string of the molecule is COC(=O)C(C)(NC(=O)CCl)c1cccc(Br)c1. The van der Waals surface area contributed by atoms with Gasteiger partial charge in [0.15, 0.2) is 5.54 Å². The van der Waals surface area contributed by atoms with Gasteiger partial charge in [0.25, 0.3) is 0 Å². The summed E-state index contributed by atoms with van der Waals surface area (Å²) in [6.45, 7) is 1.57. The normalized spacial score (nSPS) is 13.6. The Morgan fingerprint density at radius 3 is 2.67 bits per heavy atom. The Labute approximate surface area is 119 Å². The standard InChI is InChI=1S/C12H13BrClNO3/c1-12(11(17)18-2,15-10(16)7-14)8-4-3-5-9(13)6-8/h3-6H,7H2,1-2H3,(H,15,16). The summed E-state index contributed by atoms with van der Waals surface area (Å²) in [5, 5.41) is 2.57. The molecule has 98 valence electrons. The van der Waals surface area contributed by atoms with Crippen LogP contribution < -0.4 is 5.32 Å². The first-order valence-corrected chi connectivity index (χ1v) is 6.48. The van der Waals surface area contributed by atoms with Crippen LogP contribution >= 0.6 is 27.5 Å². The lowest BCUT2D eigenvalue weighted by atomic mass is 9.92. The summed E-state index contributed by atoms with van der Waals surface area (Å²) in [5.74, 6) is -1.22. The van der Waals surface area contributed by atoms with E-state index in [1.807, 2.05) is 6.07 Å². The minimum absolute atomic E-state index is 0.222. The second-order valence-corrected chi connectivity index (χ2v) is 4.99. The average Bonchev–Trinajstić information content (AvgIpc) is 2.37. The molecule has 0 aliphatic rings. The highest BCUT2D eigenvalue weighted by Gasteiger charge is 2.37. The van der Waals surface area contributed by atoms with Gasteiger partial charge in [-0.15, -0.1) is 11.6 Å². The maximum absolute atomic E-state index is 11.9. The molecule has 1 aromatic carbocycles. The number of alkyl halides is 1. The number of rotatable bonds is 4. The first kappa shape index (κ1) is 15.0. The number of methoxy groups -OCH3 is 1. The topological polar surface area (TPSA) is 55.4 Å². The van der Waals surface area contributed by atoms with E-state index in [-0.39, 0.29) is 5.88 Å². The molecule has 0 fully saturated rings. The fraction of sp³-hybridized carbons (Fsp3) is 0.333. The number of esters is 1. The van der Waals surface area contributed by atoms with E-state index < -0.39 is 17.4 Å². The van der Waals surface area contributed by atoms with Crippen molar-refractivity contribution in [3.63, 3.8) is 0 Å². The van der Waals surface area contributed by atoms with Crippen molar-refractivity contribution in [1.29, 1.82) is 0 Å². The molecule has 18 heavy (non-hydrogen) atoms. The third-order valence-corrected chi connectivity index (χ3v) is 3.24. The highest BCUT2D eigenvalue weighted by molar-refractivity contribution is 9.10. The minimum atomic E-state index is -1.26. The van der Waals surface area contributed by atoms with Gasteiger partial charge in [-0.3, -0.25) is 4.79 Å². The van der Waals surface area contributed by atoms with Crippen molar-refractivity contribution in [2.45, 2.75) is 12.5 Å². The van der Waals surface area contributed by atoms with Gasteiger partial charge in [-0.2, -0.15) is 0 Å². The van der Waals surface area contributed by atoms with Crippen molar-refractivity contribution in [3.8, 4) is 0 Å². The molecular formula is C12H13BrClNO3. The van der Waals surface area contributed by atoms with Crippen LogP contribution in [0.1, 0.15) is 12.5 Å². The zero-order valence-electron chi connectivity index (χ0n) is 10.00. The zero-order chi connectivity index (χ0) is 13.8. The molecule has 1 unspecified atom stereocenters. The van der Waals surface area contributed by atoms with Gasteiger partial charge >= 0.3 is 5.97 Å². The van der Waals surface area contributed by atoms with Crippen molar-refractivity contribution >= 4 is 39.4 Å². The van der Waals surface area contributed by atoms with Crippen LogP contribution in [0.15, 0.2) is 28.7 Å². The summed E-state index contributed by atoms with van der Waals surface area (Å²) in [7, 11) is 1.27. The van der Waals surface area contributed by atoms with Gasteiger partial charge in [0.05, 0.1) is 7.11 Å². The van der Waals surface area contributed by atoms with E-state index in [2.05, 4.69) is 21.2 Å². The molecule has 0 spiro atoms. The summed E-state index contributed by atoms with van der Waals surface area (Å²) in [6.07, 6.45) is 0. The van der Waals surface area contributed by atoms with Crippen LogP contribution in [0.3, 0.4) is 0 Å². The number of hydrogen-bond donors (Lipinski definition) is 1. The number of benzene rings is 1. The summed E-state index contributed by atoms with van der Waals surface area (Å²) in [6, 6.07) is 7.07. The highest BCUT2D eigenvalue weighted by atomic mass is 79.9. The van der Waals surface area contributed by atoms with Crippen LogP contribution in [0.4, 0.5) is 0 Å². The molecule has 0 saturated carbocycles. The summed E-state index contributed by atoms with van der Waals surface area (Å²) in [5.41, 5.74) is -0.646. The van der Waals surface area contributed by atoms with Crippen molar-refractivity contribution in [3.05, 3.63) is 34.3 Å². The number of carbonyl (C=O) groups excluding carboxylic acids is 2. The molecule has 1 atom stereocenters. The van der Waals surface area contributed by atoms with Crippen molar-refractivity contribution in [2.75, 3.05) is 13.0 Å². The molecule has 0 bridgehead atoms. The fourth-order valence-corrected chi connectivity index (χ4v) is 2.02. The van der Waals surface area contributed by atoms with E-state index in [9.17, 15) is 9.59 Å². The maximum atomic E-state index is 11.9. The van der Waals surface area contributed by atoms with Crippen LogP contribution in [0.25, 0.3) is 0 Å². The largest absolute Gasteiger partial charge is 0.467 e. The van der Waals surface area contributed by atoms with Crippen LogP contribution in [0.5, 0.6) is 0 Å². The molecule has 1 rings (SSSR count). The molecule has 0 radical (unpaired) electrons. The van der Waals surface area contributed by atoms with Gasteiger partial charge in [0, 0.05) is 4.47 Å². The molecule has 1 N–H and O–H groups in total. The second kappa shape index (κ2) is 6.20. The van der Waals surface area contributed by atoms with E-state index >= 15 is 0 Å². The average molecular weight is 335 g/mol.